The molecule has 0 bridgehead atoms. The Kier molecular flexibility index (Phi) is 7.20. The molecule has 3 fully saturated rings. The lowest BCUT2D eigenvalue weighted by molar-refractivity contribution is 0.103. The maximum atomic E-state index is 5.65. The molecule has 2 heterocycles. The van der Waals surface area contributed by atoms with Crippen LogP contribution in [0.4, 0.5) is 0 Å². The van der Waals surface area contributed by atoms with Gasteiger partial charge >= 0.3 is 0 Å². The van der Waals surface area contributed by atoms with Crippen LogP contribution in [0.2, 0.25) is 0 Å². The molecule has 140 valence electrons. The van der Waals surface area contributed by atoms with E-state index in [0.29, 0.717) is 11.0 Å². The van der Waals surface area contributed by atoms with Gasteiger partial charge in [-0.3, -0.25) is 4.99 Å². The first-order valence-corrected chi connectivity index (χ1v) is 9.30. The van der Waals surface area contributed by atoms with Gasteiger partial charge in [0, 0.05) is 44.2 Å². The molecule has 0 aromatic carbocycles. The number of nitrogens with one attached hydrogen (secondary N) is 1. The maximum absolute atomic E-state index is 5.65. The number of nitrogens with zero attached hydrogens (tertiary/aromatic N) is 3. The first kappa shape index (κ1) is 20.2. The smallest absolute Gasteiger partial charge is 0.193 e. The Morgan fingerprint density at radius 2 is 1.92 bits per heavy atom. The summed E-state index contributed by atoms with van der Waals surface area (Å²) >= 11 is 0. The molecule has 1 spiro atoms. The quantitative estimate of drug-likeness (QED) is 0.408. The molecular formula is C18H35IN4O. The molecule has 24 heavy (non-hydrogen) atoms. The Hall–Kier alpha value is -0.0800. The van der Waals surface area contributed by atoms with Gasteiger partial charge in [-0.25, -0.2) is 0 Å². The molecule has 1 aliphatic carbocycles. The van der Waals surface area contributed by atoms with Crippen molar-refractivity contribution in [1.29, 1.82) is 0 Å². The van der Waals surface area contributed by atoms with Crippen molar-refractivity contribution >= 4 is 29.9 Å². The lowest BCUT2D eigenvalue weighted by Gasteiger charge is -2.43. The van der Waals surface area contributed by atoms with Gasteiger partial charge in [-0.2, -0.15) is 0 Å². The third-order valence-electron chi connectivity index (χ3n) is 6.44. The van der Waals surface area contributed by atoms with Crippen LogP contribution in [0, 0.1) is 5.41 Å². The fourth-order valence-corrected chi connectivity index (χ4v) is 4.66. The van der Waals surface area contributed by atoms with Crippen LogP contribution in [0.3, 0.4) is 0 Å². The van der Waals surface area contributed by atoms with Crippen molar-refractivity contribution in [3.63, 3.8) is 0 Å². The largest absolute Gasteiger partial charge is 0.381 e. The fraction of sp³-hybridized carbons (Fsp3) is 0.944. The van der Waals surface area contributed by atoms with Gasteiger partial charge in [0.25, 0.3) is 0 Å². The van der Waals surface area contributed by atoms with Crippen LogP contribution in [-0.4, -0.2) is 75.3 Å². The molecule has 2 saturated heterocycles. The highest BCUT2D eigenvalue weighted by molar-refractivity contribution is 14.0. The second-order valence-electron chi connectivity index (χ2n) is 8.05. The minimum absolute atomic E-state index is 0. The summed E-state index contributed by atoms with van der Waals surface area (Å²) in [6.45, 7) is 5.08. The molecule has 1 atom stereocenters. The van der Waals surface area contributed by atoms with Crippen LogP contribution < -0.4 is 5.32 Å². The monoisotopic (exact) mass is 450 g/mol. The molecule has 1 unspecified atom stereocenters. The summed E-state index contributed by atoms with van der Waals surface area (Å²) in [5, 5.41) is 3.70. The molecular weight excluding hydrogens is 415 g/mol. The second kappa shape index (κ2) is 8.54. The zero-order valence-electron chi connectivity index (χ0n) is 15.6. The minimum Gasteiger partial charge on any atom is -0.381 e. The number of likely N-dealkylation sites (tertiary alicyclic amines) is 1. The van der Waals surface area contributed by atoms with E-state index in [-0.39, 0.29) is 24.0 Å². The number of likely N-dealkylation sites (N-methyl/N-ethyl adjacent to an activating group) is 1. The zero-order valence-corrected chi connectivity index (χ0v) is 18.0. The van der Waals surface area contributed by atoms with E-state index in [1.807, 2.05) is 7.05 Å². The van der Waals surface area contributed by atoms with E-state index < -0.39 is 0 Å². The standard InChI is InChI=1S/C18H34N4O.HI/c1-19-16(22-11-9-17(14-22)10-12-23-15-17)20-13-18(21(2)3)7-5-4-6-8-18;/h4-15H2,1-3H3,(H,19,20);1H. The van der Waals surface area contributed by atoms with Crippen LogP contribution in [0.15, 0.2) is 4.99 Å². The van der Waals surface area contributed by atoms with E-state index in [1.165, 1.54) is 44.9 Å². The Bertz CT molecular complexity index is 429. The van der Waals surface area contributed by atoms with Crippen molar-refractivity contribution in [3.8, 4) is 0 Å². The van der Waals surface area contributed by atoms with Crippen LogP contribution >= 0.6 is 24.0 Å². The topological polar surface area (TPSA) is 40.1 Å². The molecule has 0 aromatic heterocycles. The Labute approximate surface area is 164 Å². The molecule has 0 amide bonds. The molecule has 5 nitrogen and oxygen atoms in total. The number of hydrogen-bond acceptors (Lipinski definition) is 3. The number of aliphatic imine (C=N–C) groups is 1. The van der Waals surface area contributed by atoms with Crippen molar-refractivity contribution in [1.82, 2.24) is 15.1 Å². The number of rotatable bonds is 3. The summed E-state index contributed by atoms with van der Waals surface area (Å²) in [5.41, 5.74) is 0.684. The van der Waals surface area contributed by atoms with E-state index in [2.05, 4.69) is 34.2 Å². The fourth-order valence-electron chi connectivity index (χ4n) is 4.66. The first-order valence-electron chi connectivity index (χ1n) is 9.30. The number of ether oxygens (including phenoxy) is 1. The van der Waals surface area contributed by atoms with Gasteiger partial charge < -0.3 is 19.9 Å². The summed E-state index contributed by atoms with van der Waals surface area (Å²) in [6, 6.07) is 0. The van der Waals surface area contributed by atoms with Crippen molar-refractivity contribution in [3.05, 3.63) is 0 Å². The summed E-state index contributed by atoms with van der Waals surface area (Å²) < 4.78 is 5.65. The molecule has 0 radical (unpaired) electrons. The minimum atomic E-state index is 0. The number of guanidine groups is 1. The first-order chi connectivity index (χ1) is 11.1. The van der Waals surface area contributed by atoms with Gasteiger partial charge in [0.2, 0.25) is 0 Å². The van der Waals surface area contributed by atoms with E-state index in [9.17, 15) is 0 Å². The summed E-state index contributed by atoms with van der Waals surface area (Å²) in [4.78, 5) is 9.45. The van der Waals surface area contributed by atoms with Crippen LogP contribution in [0.5, 0.6) is 0 Å². The Balaban J connectivity index is 0.00000208. The lowest BCUT2D eigenvalue weighted by atomic mass is 9.80. The third-order valence-corrected chi connectivity index (χ3v) is 6.44. The van der Waals surface area contributed by atoms with Crippen molar-refractivity contribution in [2.45, 2.75) is 50.5 Å². The molecule has 3 aliphatic rings. The van der Waals surface area contributed by atoms with Gasteiger partial charge in [0.05, 0.1) is 6.61 Å². The van der Waals surface area contributed by atoms with Crippen molar-refractivity contribution in [2.24, 2.45) is 10.4 Å². The Morgan fingerprint density at radius 3 is 2.50 bits per heavy atom. The highest BCUT2D eigenvalue weighted by atomic mass is 127. The molecule has 2 aliphatic heterocycles. The van der Waals surface area contributed by atoms with E-state index >= 15 is 0 Å². The molecule has 1 saturated carbocycles. The highest BCUT2D eigenvalue weighted by Crippen LogP contribution is 2.38. The summed E-state index contributed by atoms with van der Waals surface area (Å²) in [6.07, 6.45) is 9.13. The SMILES string of the molecule is CN=C(NCC1(N(C)C)CCCCC1)N1CCC2(CCOC2)C1.I. The molecule has 1 N–H and O–H groups in total. The van der Waals surface area contributed by atoms with Gasteiger partial charge in [0.1, 0.15) is 0 Å². The number of hydrogen-bond donors (Lipinski definition) is 1. The molecule has 6 heteroatoms. The van der Waals surface area contributed by atoms with Gasteiger partial charge in [0.15, 0.2) is 5.96 Å². The summed E-state index contributed by atoms with van der Waals surface area (Å²) in [7, 11) is 6.38. The normalized spacial score (nSPS) is 30.0. The van der Waals surface area contributed by atoms with E-state index in [1.54, 1.807) is 0 Å². The zero-order chi connectivity index (χ0) is 16.3. The van der Waals surface area contributed by atoms with Crippen LogP contribution in [0.25, 0.3) is 0 Å². The summed E-state index contributed by atoms with van der Waals surface area (Å²) in [5.74, 6) is 1.08. The Morgan fingerprint density at radius 1 is 1.17 bits per heavy atom. The second-order valence-corrected chi connectivity index (χ2v) is 8.05. The maximum Gasteiger partial charge on any atom is 0.193 e. The average Bonchev–Trinajstić information content (AvgIpc) is 3.19. The lowest BCUT2D eigenvalue weighted by Crippen LogP contribution is -2.55. The van der Waals surface area contributed by atoms with E-state index in [0.717, 1.165) is 38.8 Å². The predicted molar refractivity (Wildman–Crippen MR) is 110 cm³/mol. The average molecular weight is 450 g/mol. The van der Waals surface area contributed by atoms with Crippen LogP contribution in [-0.2, 0) is 4.74 Å². The van der Waals surface area contributed by atoms with Crippen molar-refractivity contribution < 1.29 is 4.74 Å². The van der Waals surface area contributed by atoms with Gasteiger partial charge in [-0.15, -0.1) is 24.0 Å². The predicted octanol–water partition coefficient (Wildman–Crippen LogP) is 2.56. The van der Waals surface area contributed by atoms with Crippen LogP contribution in [0.1, 0.15) is 44.9 Å². The van der Waals surface area contributed by atoms with Gasteiger partial charge in [-0.1, -0.05) is 19.3 Å². The molecule has 0 aromatic rings. The van der Waals surface area contributed by atoms with Gasteiger partial charge in [-0.05, 0) is 39.8 Å². The molecule has 3 rings (SSSR count). The van der Waals surface area contributed by atoms with Crippen molar-refractivity contribution in [2.75, 3.05) is 54.0 Å². The number of halogens is 1. The van der Waals surface area contributed by atoms with E-state index in [4.69, 9.17) is 4.74 Å². The highest BCUT2D eigenvalue weighted by Gasteiger charge is 2.42. The third kappa shape index (κ3) is 4.18.